The maximum Gasteiger partial charge on any atom is 0.137 e. The van der Waals surface area contributed by atoms with Crippen LogP contribution >= 0.6 is 0 Å². The fourth-order valence-corrected chi connectivity index (χ4v) is 8.83. The van der Waals surface area contributed by atoms with Crippen LogP contribution in [0.5, 0.6) is 0 Å². The molecule has 1 N–H and O–H groups in total. The summed E-state index contributed by atoms with van der Waals surface area (Å²) in [7, 11) is 0. The van der Waals surface area contributed by atoms with Gasteiger partial charge in [0, 0.05) is 39.1 Å². The van der Waals surface area contributed by atoms with Crippen molar-refractivity contribution in [3.8, 4) is 44.5 Å². The summed E-state index contributed by atoms with van der Waals surface area (Å²) < 4.78 is 6.45. The average Bonchev–Trinajstić information content (AvgIpc) is 3.72. The van der Waals surface area contributed by atoms with Crippen molar-refractivity contribution in [1.29, 1.82) is 0 Å². The molecule has 1 aromatic heterocycles. The minimum atomic E-state index is 0.859. The number of fused-ring (bicyclic) bond motifs is 4. The summed E-state index contributed by atoms with van der Waals surface area (Å²) in [4.78, 5) is 2.40. The lowest BCUT2D eigenvalue weighted by molar-refractivity contribution is 0.669. The molecule has 288 valence electrons. The highest BCUT2D eigenvalue weighted by Gasteiger charge is 2.22. The first-order valence-corrected chi connectivity index (χ1v) is 20.8. The third-order valence-corrected chi connectivity index (χ3v) is 11.7. The third kappa shape index (κ3) is 6.69. The van der Waals surface area contributed by atoms with Gasteiger partial charge in [0.2, 0.25) is 0 Å². The van der Waals surface area contributed by atoms with Gasteiger partial charge in [-0.3, -0.25) is 0 Å². The van der Waals surface area contributed by atoms with Gasteiger partial charge in [0.25, 0.3) is 0 Å². The summed E-state index contributed by atoms with van der Waals surface area (Å²) in [5.41, 5.74) is 16.3. The van der Waals surface area contributed by atoms with Gasteiger partial charge in [0.1, 0.15) is 11.2 Å². The molecule has 0 radical (unpaired) electrons. The van der Waals surface area contributed by atoms with Crippen molar-refractivity contribution < 1.29 is 4.42 Å². The Morgan fingerprint density at radius 2 is 0.869 bits per heavy atom. The zero-order chi connectivity index (χ0) is 40.5. The highest BCUT2D eigenvalue weighted by molar-refractivity contribution is 6.14. The highest BCUT2D eigenvalue weighted by atomic mass is 16.3. The summed E-state index contributed by atoms with van der Waals surface area (Å²) in [6, 6.07) is 84.1. The predicted octanol–water partition coefficient (Wildman–Crippen LogP) is 16.6. The molecule has 0 saturated heterocycles. The van der Waals surface area contributed by atoms with Crippen LogP contribution in [0.25, 0.3) is 77.2 Å². The molecule has 0 amide bonds. The van der Waals surface area contributed by atoms with E-state index in [2.05, 4.69) is 241 Å². The van der Waals surface area contributed by atoms with Gasteiger partial charge in [0.15, 0.2) is 0 Å². The van der Waals surface area contributed by atoms with Gasteiger partial charge in [-0.2, -0.15) is 0 Å². The molecule has 3 heteroatoms. The Balaban J connectivity index is 1.01. The minimum Gasteiger partial charge on any atom is -0.456 e. The second-order valence-electron chi connectivity index (χ2n) is 15.3. The van der Waals surface area contributed by atoms with E-state index in [-0.39, 0.29) is 0 Å². The number of rotatable bonds is 9. The van der Waals surface area contributed by atoms with E-state index in [4.69, 9.17) is 4.42 Å². The summed E-state index contributed by atoms with van der Waals surface area (Å²) in [6.45, 7) is 0. The van der Waals surface area contributed by atoms with E-state index in [1.165, 1.54) is 21.9 Å². The fourth-order valence-electron chi connectivity index (χ4n) is 8.83. The standard InChI is InChI=1S/C58H40N2O/c1-2-17-42(18-3-1)47-24-6-10-29-52(47)59-53-30-11-7-25-48(53)44-22-14-21-43(39-44)40-35-37-45(38-36-40)60(55-32-16-34-57-58(55)51-27-9-13-33-56(51)61-57)54-31-12-8-26-50(54)49-28-15-20-41-19-4-5-23-46(41)49/h1-39,59H. The lowest BCUT2D eigenvalue weighted by Gasteiger charge is -2.29. The van der Waals surface area contributed by atoms with Crippen LogP contribution < -0.4 is 10.2 Å². The number of benzene rings is 10. The van der Waals surface area contributed by atoms with Crippen molar-refractivity contribution in [3.63, 3.8) is 0 Å². The summed E-state index contributed by atoms with van der Waals surface area (Å²) in [5, 5.41) is 8.39. The third-order valence-electron chi connectivity index (χ3n) is 11.7. The number of nitrogens with zero attached hydrogens (tertiary/aromatic N) is 1. The first kappa shape index (κ1) is 36.0. The van der Waals surface area contributed by atoms with Gasteiger partial charge >= 0.3 is 0 Å². The second-order valence-corrected chi connectivity index (χ2v) is 15.3. The van der Waals surface area contributed by atoms with E-state index in [9.17, 15) is 0 Å². The van der Waals surface area contributed by atoms with Crippen LogP contribution in [0.3, 0.4) is 0 Å². The number of hydrogen-bond acceptors (Lipinski definition) is 3. The Kier molecular flexibility index (Phi) is 9.18. The molecule has 11 rings (SSSR count). The highest BCUT2D eigenvalue weighted by Crippen LogP contribution is 2.47. The lowest BCUT2D eigenvalue weighted by atomic mass is 9.95. The van der Waals surface area contributed by atoms with Crippen molar-refractivity contribution >= 4 is 61.1 Å². The van der Waals surface area contributed by atoms with Crippen molar-refractivity contribution in [2.45, 2.75) is 0 Å². The Hall–Kier alpha value is -8.14. The molecular formula is C58H40N2O. The molecule has 0 unspecified atom stereocenters. The first-order chi connectivity index (χ1) is 30.3. The van der Waals surface area contributed by atoms with E-state index < -0.39 is 0 Å². The predicted molar refractivity (Wildman–Crippen MR) is 257 cm³/mol. The monoisotopic (exact) mass is 780 g/mol. The number of furan rings is 1. The molecule has 0 aliphatic rings. The zero-order valence-electron chi connectivity index (χ0n) is 33.4. The van der Waals surface area contributed by atoms with Crippen LogP contribution in [0.4, 0.5) is 28.4 Å². The minimum absolute atomic E-state index is 0.859. The van der Waals surface area contributed by atoms with E-state index in [0.717, 1.165) is 83.8 Å². The number of nitrogens with one attached hydrogen (secondary N) is 1. The Morgan fingerprint density at radius 3 is 1.69 bits per heavy atom. The molecule has 11 aromatic rings. The molecule has 0 atom stereocenters. The molecule has 0 saturated carbocycles. The Morgan fingerprint density at radius 1 is 0.328 bits per heavy atom. The van der Waals surface area contributed by atoms with Crippen LogP contribution in [-0.2, 0) is 0 Å². The summed E-state index contributed by atoms with van der Waals surface area (Å²) in [5.74, 6) is 0. The van der Waals surface area contributed by atoms with E-state index in [0.29, 0.717) is 0 Å². The molecule has 10 aromatic carbocycles. The fraction of sp³-hybridized carbons (Fsp3) is 0. The number of anilines is 5. The maximum atomic E-state index is 6.45. The molecule has 0 spiro atoms. The van der Waals surface area contributed by atoms with E-state index in [1.54, 1.807) is 0 Å². The van der Waals surface area contributed by atoms with Gasteiger partial charge in [-0.1, -0.05) is 182 Å². The first-order valence-electron chi connectivity index (χ1n) is 20.8. The largest absolute Gasteiger partial charge is 0.456 e. The topological polar surface area (TPSA) is 28.4 Å². The number of para-hydroxylation sites is 4. The van der Waals surface area contributed by atoms with Crippen molar-refractivity contribution in [1.82, 2.24) is 0 Å². The van der Waals surface area contributed by atoms with Crippen molar-refractivity contribution in [3.05, 3.63) is 237 Å². The van der Waals surface area contributed by atoms with Crippen molar-refractivity contribution in [2.24, 2.45) is 0 Å². The molecule has 3 nitrogen and oxygen atoms in total. The van der Waals surface area contributed by atoms with Gasteiger partial charge in [-0.05, 0) is 93.2 Å². The van der Waals surface area contributed by atoms with Gasteiger partial charge in [-0.25, -0.2) is 0 Å². The van der Waals surface area contributed by atoms with E-state index in [1.807, 2.05) is 6.07 Å². The maximum absolute atomic E-state index is 6.45. The Labute approximate surface area is 355 Å². The van der Waals surface area contributed by atoms with Gasteiger partial charge in [0.05, 0.1) is 16.8 Å². The van der Waals surface area contributed by atoms with E-state index >= 15 is 0 Å². The van der Waals surface area contributed by atoms with Crippen LogP contribution in [0.1, 0.15) is 0 Å². The Bertz CT molecular complexity index is 3340. The normalized spacial score (nSPS) is 11.3. The zero-order valence-corrected chi connectivity index (χ0v) is 33.4. The van der Waals surface area contributed by atoms with Crippen LogP contribution in [0.15, 0.2) is 241 Å². The molecule has 61 heavy (non-hydrogen) atoms. The molecule has 0 aliphatic carbocycles. The molecule has 1 heterocycles. The van der Waals surface area contributed by atoms with Crippen LogP contribution in [0.2, 0.25) is 0 Å². The van der Waals surface area contributed by atoms with Crippen molar-refractivity contribution in [2.75, 3.05) is 10.2 Å². The molecule has 0 fully saturated rings. The summed E-state index contributed by atoms with van der Waals surface area (Å²) >= 11 is 0. The quantitative estimate of drug-likeness (QED) is 0.158. The van der Waals surface area contributed by atoms with Crippen LogP contribution in [-0.4, -0.2) is 0 Å². The molecule has 0 aliphatic heterocycles. The SMILES string of the molecule is c1ccc(-c2ccccc2Nc2ccccc2-c2cccc(-c3ccc(N(c4ccccc4-c4cccc5ccccc45)c4cccc5oc6ccccc6c45)cc3)c2)cc1. The number of hydrogen-bond donors (Lipinski definition) is 1. The lowest BCUT2D eigenvalue weighted by Crippen LogP contribution is -2.11. The molecular weight excluding hydrogens is 741 g/mol. The van der Waals surface area contributed by atoms with Crippen LogP contribution in [0, 0.1) is 0 Å². The average molecular weight is 781 g/mol. The summed E-state index contributed by atoms with van der Waals surface area (Å²) in [6.07, 6.45) is 0. The molecule has 0 bridgehead atoms. The smallest absolute Gasteiger partial charge is 0.137 e. The van der Waals surface area contributed by atoms with Gasteiger partial charge < -0.3 is 14.6 Å². The van der Waals surface area contributed by atoms with Gasteiger partial charge in [-0.15, -0.1) is 0 Å². The second kappa shape index (κ2) is 15.6.